The molecule has 3 rings (SSSR count). The molecular weight excluding hydrogens is 308 g/mol. The smallest absolute Gasteiger partial charge is 0.289 e. The molecule has 7 nitrogen and oxygen atoms in total. The molecule has 0 aromatic carbocycles. The molecule has 0 spiro atoms. The number of carbonyl (C=O) groups is 2. The number of aromatic nitrogens is 2. The van der Waals surface area contributed by atoms with E-state index in [4.69, 9.17) is 4.42 Å². The van der Waals surface area contributed by atoms with Crippen molar-refractivity contribution in [1.82, 2.24) is 19.6 Å². The normalized spacial score (nSPS) is 17.8. The molecule has 1 unspecified atom stereocenters. The Morgan fingerprint density at radius 2 is 2.29 bits per heavy atom. The van der Waals surface area contributed by atoms with Gasteiger partial charge in [0.1, 0.15) is 0 Å². The summed E-state index contributed by atoms with van der Waals surface area (Å²) in [6.07, 6.45) is 6.78. The van der Waals surface area contributed by atoms with E-state index in [1.54, 1.807) is 39.9 Å². The number of nitrogens with zero attached hydrogens (tertiary/aromatic N) is 4. The van der Waals surface area contributed by atoms with Gasteiger partial charge in [0.05, 0.1) is 18.4 Å². The van der Waals surface area contributed by atoms with Crippen LogP contribution in [0.4, 0.5) is 0 Å². The highest BCUT2D eigenvalue weighted by atomic mass is 16.3. The van der Waals surface area contributed by atoms with E-state index in [2.05, 4.69) is 5.10 Å². The Hall–Kier alpha value is -2.57. The average molecular weight is 330 g/mol. The highest BCUT2D eigenvalue weighted by molar-refractivity contribution is 5.92. The first-order chi connectivity index (χ1) is 11.5. The van der Waals surface area contributed by atoms with E-state index >= 15 is 0 Å². The number of aryl methyl sites for hydroxylation is 1. The second-order valence-electron chi connectivity index (χ2n) is 6.28. The molecular formula is C17H22N4O3. The number of rotatable bonds is 4. The van der Waals surface area contributed by atoms with E-state index < -0.39 is 0 Å². The standard InChI is InChI=1S/C17H22N4O3/c1-19(10-13-9-18-20(2)11-13)16(22)14-5-3-7-21(12-14)17(23)15-6-4-8-24-15/h4,6,8-9,11,14H,3,5,7,10,12H2,1-2H3. The summed E-state index contributed by atoms with van der Waals surface area (Å²) in [6.45, 7) is 1.63. The van der Waals surface area contributed by atoms with E-state index in [0.717, 1.165) is 18.4 Å². The Kier molecular flexibility index (Phi) is 4.69. The predicted octanol–water partition coefficient (Wildman–Crippen LogP) is 1.52. The van der Waals surface area contributed by atoms with Gasteiger partial charge in [-0.25, -0.2) is 0 Å². The first-order valence-corrected chi connectivity index (χ1v) is 8.10. The van der Waals surface area contributed by atoms with E-state index in [1.165, 1.54) is 6.26 Å². The van der Waals surface area contributed by atoms with Crippen LogP contribution in [0.2, 0.25) is 0 Å². The molecule has 1 atom stereocenters. The van der Waals surface area contributed by atoms with Crippen LogP contribution in [0.3, 0.4) is 0 Å². The number of likely N-dealkylation sites (tertiary alicyclic amines) is 1. The van der Waals surface area contributed by atoms with Crippen LogP contribution in [-0.4, -0.2) is 51.5 Å². The van der Waals surface area contributed by atoms with Gasteiger partial charge >= 0.3 is 0 Å². The monoisotopic (exact) mass is 330 g/mol. The third-order valence-electron chi connectivity index (χ3n) is 4.34. The third-order valence-corrected chi connectivity index (χ3v) is 4.34. The number of amides is 2. The van der Waals surface area contributed by atoms with Crippen LogP contribution in [0.1, 0.15) is 29.0 Å². The van der Waals surface area contributed by atoms with Gasteiger partial charge in [0.25, 0.3) is 5.91 Å². The lowest BCUT2D eigenvalue weighted by Crippen LogP contribution is -2.45. The summed E-state index contributed by atoms with van der Waals surface area (Å²) < 4.78 is 6.90. The lowest BCUT2D eigenvalue weighted by Gasteiger charge is -2.33. The minimum atomic E-state index is -0.167. The molecule has 0 aliphatic carbocycles. The fraction of sp³-hybridized carbons (Fsp3) is 0.471. The van der Waals surface area contributed by atoms with Crippen molar-refractivity contribution in [3.05, 3.63) is 42.1 Å². The van der Waals surface area contributed by atoms with Gasteiger partial charge in [0.15, 0.2) is 5.76 Å². The molecule has 3 heterocycles. The number of furan rings is 1. The fourth-order valence-electron chi connectivity index (χ4n) is 3.14. The van der Waals surface area contributed by atoms with Crippen LogP contribution in [0.25, 0.3) is 0 Å². The van der Waals surface area contributed by atoms with Crippen molar-refractivity contribution in [2.24, 2.45) is 13.0 Å². The summed E-state index contributed by atoms with van der Waals surface area (Å²) in [7, 11) is 3.65. The van der Waals surface area contributed by atoms with Crippen LogP contribution in [0.5, 0.6) is 0 Å². The van der Waals surface area contributed by atoms with Crippen LogP contribution >= 0.6 is 0 Å². The number of piperidine rings is 1. The summed E-state index contributed by atoms with van der Waals surface area (Å²) in [5, 5.41) is 4.12. The number of carbonyl (C=O) groups excluding carboxylic acids is 2. The molecule has 1 aliphatic rings. The molecule has 1 aliphatic heterocycles. The first kappa shape index (κ1) is 16.3. The summed E-state index contributed by atoms with van der Waals surface area (Å²) in [5.41, 5.74) is 0.993. The molecule has 0 saturated carbocycles. The molecule has 24 heavy (non-hydrogen) atoms. The van der Waals surface area contributed by atoms with Crippen LogP contribution in [-0.2, 0) is 18.4 Å². The fourth-order valence-corrected chi connectivity index (χ4v) is 3.14. The highest BCUT2D eigenvalue weighted by Crippen LogP contribution is 2.21. The molecule has 0 radical (unpaired) electrons. The predicted molar refractivity (Wildman–Crippen MR) is 87.0 cm³/mol. The van der Waals surface area contributed by atoms with E-state index in [1.807, 2.05) is 13.2 Å². The molecule has 128 valence electrons. The van der Waals surface area contributed by atoms with Gasteiger partial charge in [-0.2, -0.15) is 5.10 Å². The van der Waals surface area contributed by atoms with E-state index in [9.17, 15) is 9.59 Å². The molecule has 1 saturated heterocycles. The second kappa shape index (κ2) is 6.90. The minimum absolute atomic E-state index is 0.0656. The largest absolute Gasteiger partial charge is 0.459 e. The van der Waals surface area contributed by atoms with Crippen molar-refractivity contribution in [1.29, 1.82) is 0 Å². The van der Waals surface area contributed by atoms with Gasteiger partial charge in [-0.1, -0.05) is 0 Å². The van der Waals surface area contributed by atoms with Gasteiger partial charge in [0.2, 0.25) is 5.91 Å². The highest BCUT2D eigenvalue weighted by Gasteiger charge is 2.31. The maximum Gasteiger partial charge on any atom is 0.289 e. The molecule has 7 heteroatoms. The van der Waals surface area contributed by atoms with Crippen molar-refractivity contribution >= 4 is 11.8 Å². The maximum absolute atomic E-state index is 12.7. The topological polar surface area (TPSA) is 71.6 Å². The number of hydrogen-bond acceptors (Lipinski definition) is 4. The van der Waals surface area contributed by atoms with Crippen LogP contribution in [0, 0.1) is 5.92 Å². The van der Waals surface area contributed by atoms with E-state index in [-0.39, 0.29) is 17.7 Å². The van der Waals surface area contributed by atoms with Crippen molar-refractivity contribution < 1.29 is 14.0 Å². The Morgan fingerprint density at radius 3 is 2.96 bits per heavy atom. The Morgan fingerprint density at radius 1 is 1.46 bits per heavy atom. The van der Waals surface area contributed by atoms with Crippen molar-refractivity contribution in [2.75, 3.05) is 20.1 Å². The molecule has 2 amide bonds. The Balaban J connectivity index is 1.61. The van der Waals surface area contributed by atoms with Crippen molar-refractivity contribution in [2.45, 2.75) is 19.4 Å². The van der Waals surface area contributed by atoms with Gasteiger partial charge in [-0.05, 0) is 25.0 Å². The van der Waals surface area contributed by atoms with Gasteiger partial charge < -0.3 is 14.2 Å². The summed E-state index contributed by atoms with van der Waals surface area (Å²) >= 11 is 0. The second-order valence-corrected chi connectivity index (χ2v) is 6.28. The lowest BCUT2D eigenvalue weighted by atomic mass is 9.96. The molecule has 2 aromatic rings. The SMILES string of the molecule is CN(Cc1cnn(C)c1)C(=O)C1CCCN(C(=O)c2ccco2)C1. The molecule has 0 N–H and O–H groups in total. The lowest BCUT2D eigenvalue weighted by molar-refractivity contribution is -0.136. The first-order valence-electron chi connectivity index (χ1n) is 8.10. The van der Waals surface area contributed by atoms with Gasteiger partial charge in [-0.15, -0.1) is 0 Å². The molecule has 1 fully saturated rings. The van der Waals surface area contributed by atoms with Gasteiger partial charge in [0, 0.05) is 45.5 Å². The third kappa shape index (κ3) is 3.50. The Labute approximate surface area is 140 Å². The Bertz CT molecular complexity index is 707. The molecule has 0 bridgehead atoms. The maximum atomic E-state index is 12.7. The summed E-state index contributed by atoms with van der Waals surface area (Å²) in [5.74, 6) is 0.0781. The minimum Gasteiger partial charge on any atom is -0.459 e. The molecule has 2 aromatic heterocycles. The summed E-state index contributed by atoms with van der Waals surface area (Å²) in [6, 6.07) is 3.35. The summed E-state index contributed by atoms with van der Waals surface area (Å²) in [4.78, 5) is 28.5. The average Bonchev–Trinajstić information content (AvgIpc) is 3.25. The van der Waals surface area contributed by atoms with Crippen LogP contribution < -0.4 is 0 Å². The number of hydrogen-bond donors (Lipinski definition) is 0. The van der Waals surface area contributed by atoms with Gasteiger partial charge in [-0.3, -0.25) is 14.3 Å². The zero-order valence-corrected chi connectivity index (χ0v) is 14.0. The zero-order valence-electron chi connectivity index (χ0n) is 14.0. The van der Waals surface area contributed by atoms with Crippen LogP contribution in [0.15, 0.2) is 35.2 Å². The quantitative estimate of drug-likeness (QED) is 0.852. The zero-order chi connectivity index (χ0) is 17.1. The van der Waals surface area contributed by atoms with Crippen molar-refractivity contribution in [3.8, 4) is 0 Å². The van der Waals surface area contributed by atoms with E-state index in [0.29, 0.717) is 25.4 Å². The van der Waals surface area contributed by atoms with Crippen molar-refractivity contribution in [3.63, 3.8) is 0 Å².